The van der Waals surface area contributed by atoms with Crippen molar-refractivity contribution < 1.29 is 4.79 Å². The van der Waals surface area contributed by atoms with E-state index < -0.39 is 0 Å². The first-order valence-electron chi connectivity index (χ1n) is 11.5. The average molecular weight is 431 g/mol. The van der Waals surface area contributed by atoms with Gasteiger partial charge in [0, 0.05) is 31.8 Å². The average Bonchev–Trinajstić information content (AvgIpc) is 3.24. The van der Waals surface area contributed by atoms with Gasteiger partial charge < -0.3 is 4.90 Å². The number of nitrogens with one attached hydrogen (secondary N) is 1. The number of allylic oxidation sites excluding steroid dienone is 2. The second kappa shape index (κ2) is 12.8. The zero-order valence-electron chi connectivity index (χ0n) is 19.9. The number of amidine groups is 1. The Morgan fingerprint density at radius 3 is 2.22 bits per heavy atom. The van der Waals surface area contributed by atoms with Crippen LogP contribution in [0.15, 0.2) is 79.9 Å². The predicted octanol–water partition coefficient (Wildman–Crippen LogP) is 6.59. The van der Waals surface area contributed by atoms with Crippen molar-refractivity contribution in [1.29, 1.82) is 5.41 Å². The van der Waals surface area contributed by atoms with Gasteiger partial charge in [0.2, 0.25) is 0 Å². The number of carbonyl (C=O) groups is 1. The minimum absolute atomic E-state index is 0.0891. The number of rotatable bonds is 3. The first-order valence-corrected chi connectivity index (χ1v) is 11.5. The van der Waals surface area contributed by atoms with Crippen LogP contribution < -0.4 is 0 Å². The topological polar surface area (TPSA) is 44.2 Å². The molecule has 0 spiro atoms. The monoisotopic (exact) mass is 430 g/mol. The van der Waals surface area contributed by atoms with Gasteiger partial charge in [0.05, 0.1) is 0 Å². The van der Waals surface area contributed by atoms with Gasteiger partial charge in [-0.25, -0.2) is 0 Å². The van der Waals surface area contributed by atoms with Crippen molar-refractivity contribution >= 4 is 11.6 Å². The molecule has 1 saturated heterocycles. The Morgan fingerprint density at radius 2 is 1.59 bits per heavy atom. The highest BCUT2D eigenvalue weighted by atomic mass is 16.1. The fourth-order valence-corrected chi connectivity index (χ4v) is 4.71. The fourth-order valence-electron chi connectivity index (χ4n) is 4.71. The van der Waals surface area contributed by atoms with E-state index in [4.69, 9.17) is 5.41 Å². The molecule has 1 aliphatic heterocycles. The highest BCUT2D eigenvalue weighted by Gasteiger charge is 2.45. The largest absolute Gasteiger partial charge is 0.359 e. The van der Waals surface area contributed by atoms with Crippen molar-refractivity contribution in [3.8, 4) is 0 Å². The van der Waals surface area contributed by atoms with Crippen molar-refractivity contribution in [3.63, 3.8) is 0 Å². The number of nitrogens with zero attached hydrogens (tertiary/aromatic N) is 1. The summed E-state index contributed by atoms with van der Waals surface area (Å²) < 4.78 is 0. The van der Waals surface area contributed by atoms with Crippen molar-refractivity contribution in [1.82, 2.24) is 4.90 Å². The highest BCUT2D eigenvalue weighted by Crippen LogP contribution is 2.43. The molecule has 1 N–H and O–H groups in total. The maximum atomic E-state index is 12.5. The lowest BCUT2D eigenvalue weighted by Crippen LogP contribution is -2.32. The number of Topliss-reactive ketones (excluding diaryl/α,β-unsaturated/α-hetero) is 1. The number of fused-ring (bicyclic) bond motifs is 1. The van der Waals surface area contributed by atoms with E-state index in [1.165, 1.54) is 16.7 Å². The van der Waals surface area contributed by atoms with Crippen LogP contribution in [0.1, 0.15) is 49.3 Å². The number of hydrogen-bond donors (Lipinski definition) is 1. The van der Waals surface area contributed by atoms with Crippen LogP contribution in [0.25, 0.3) is 0 Å². The van der Waals surface area contributed by atoms with Gasteiger partial charge in [-0.1, -0.05) is 66.7 Å². The normalized spacial score (nSPS) is 21.3. The molecule has 1 heterocycles. The summed E-state index contributed by atoms with van der Waals surface area (Å²) in [5.74, 6) is 1.92. The molecule has 2 aliphatic rings. The van der Waals surface area contributed by atoms with Gasteiger partial charge in [0.1, 0.15) is 11.6 Å². The Morgan fingerprint density at radius 1 is 1.00 bits per heavy atom. The van der Waals surface area contributed by atoms with Gasteiger partial charge in [-0.15, -0.1) is 13.2 Å². The number of benzene rings is 2. The summed E-state index contributed by atoms with van der Waals surface area (Å²) in [5.41, 5.74) is 3.78. The molecule has 3 atom stereocenters. The van der Waals surface area contributed by atoms with E-state index in [1.54, 1.807) is 12.2 Å². The van der Waals surface area contributed by atoms with Crippen molar-refractivity contribution in [2.75, 3.05) is 13.1 Å². The summed E-state index contributed by atoms with van der Waals surface area (Å²) in [4.78, 5) is 14.7. The predicted molar refractivity (Wildman–Crippen MR) is 136 cm³/mol. The smallest absolute Gasteiger partial charge is 0.138 e. The molecule has 0 bridgehead atoms. The maximum Gasteiger partial charge on any atom is 0.138 e. The molecule has 2 fully saturated rings. The van der Waals surface area contributed by atoms with E-state index in [2.05, 4.69) is 61.4 Å². The Kier molecular flexibility index (Phi) is 10.1. The lowest BCUT2D eigenvalue weighted by atomic mass is 9.70. The number of carbonyl (C=O) groups excluding carboxylic acids is 1. The summed E-state index contributed by atoms with van der Waals surface area (Å²) in [6.07, 6.45) is 5.78. The van der Waals surface area contributed by atoms with E-state index in [0.29, 0.717) is 36.3 Å². The fraction of sp³-hybridized carbons (Fsp3) is 0.379. The Hall–Kier alpha value is -2.94. The summed E-state index contributed by atoms with van der Waals surface area (Å²) in [7, 11) is 0. The molecule has 0 radical (unpaired) electrons. The minimum Gasteiger partial charge on any atom is -0.359 e. The van der Waals surface area contributed by atoms with Gasteiger partial charge in [-0.3, -0.25) is 10.2 Å². The molecular weight excluding hydrogens is 392 g/mol. The van der Waals surface area contributed by atoms with Crippen molar-refractivity contribution in [3.05, 3.63) is 96.6 Å². The molecule has 0 amide bonds. The Labute approximate surface area is 194 Å². The third-order valence-corrected chi connectivity index (χ3v) is 6.23. The second-order valence-corrected chi connectivity index (χ2v) is 8.56. The van der Waals surface area contributed by atoms with E-state index in [9.17, 15) is 4.79 Å². The molecular formula is C29H38N2O. The number of likely N-dealkylation sites (tertiary alicyclic amines) is 1. The summed E-state index contributed by atoms with van der Waals surface area (Å²) in [6.45, 7) is 14.2. The van der Waals surface area contributed by atoms with Crippen LogP contribution in [0.5, 0.6) is 0 Å². The summed E-state index contributed by atoms with van der Waals surface area (Å²) in [6, 6.07) is 18.9. The maximum absolute atomic E-state index is 12.5. The van der Waals surface area contributed by atoms with Crippen molar-refractivity contribution in [2.45, 2.75) is 46.0 Å². The van der Waals surface area contributed by atoms with Crippen LogP contribution in [0.3, 0.4) is 0 Å². The first kappa shape index (κ1) is 25.3. The van der Waals surface area contributed by atoms with E-state index in [1.807, 2.05) is 32.0 Å². The van der Waals surface area contributed by atoms with Gasteiger partial charge in [0.15, 0.2) is 0 Å². The third-order valence-electron chi connectivity index (χ3n) is 6.23. The van der Waals surface area contributed by atoms with E-state index in [-0.39, 0.29) is 5.92 Å². The van der Waals surface area contributed by atoms with E-state index >= 15 is 0 Å². The van der Waals surface area contributed by atoms with Crippen LogP contribution in [0.4, 0.5) is 0 Å². The quantitative estimate of drug-likeness (QED) is 0.339. The van der Waals surface area contributed by atoms with E-state index in [0.717, 1.165) is 19.5 Å². The second-order valence-electron chi connectivity index (χ2n) is 8.56. The number of aryl methyl sites for hydroxylation is 1. The van der Waals surface area contributed by atoms with Crippen LogP contribution in [0.2, 0.25) is 0 Å². The van der Waals surface area contributed by atoms with Gasteiger partial charge in [0.25, 0.3) is 0 Å². The molecule has 3 unspecified atom stereocenters. The molecule has 1 saturated carbocycles. The zero-order valence-corrected chi connectivity index (χ0v) is 19.9. The highest BCUT2D eigenvalue weighted by molar-refractivity contribution is 5.86. The Balaban J connectivity index is 0.000000547. The molecule has 0 aromatic heterocycles. The third kappa shape index (κ3) is 6.53. The Bertz CT molecular complexity index is 896. The van der Waals surface area contributed by atoms with Gasteiger partial charge >= 0.3 is 0 Å². The van der Waals surface area contributed by atoms with Gasteiger partial charge in [-0.05, 0) is 55.7 Å². The van der Waals surface area contributed by atoms with Crippen LogP contribution >= 0.6 is 0 Å². The number of ketones is 1. The van der Waals surface area contributed by atoms with Crippen LogP contribution in [-0.4, -0.2) is 29.6 Å². The minimum atomic E-state index is 0.0891. The standard InChI is InChI=1S/C23H26N2O.2C3H6/c1-16-7-5-6-10-18(16)13-23(24)25-14-20-19(17-8-3-2-4-9-17)11-12-22(26)21(20)15-25;2*1-3-2/h2-10,19-21,24H,11-15H2,1H3;2*3H,1H2,2H3. The lowest BCUT2D eigenvalue weighted by molar-refractivity contribution is -0.125. The molecule has 170 valence electrons. The molecule has 1 aliphatic carbocycles. The molecule has 2 aromatic rings. The van der Waals surface area contributed by atoms with Crippen LogP contribution in [-0.2, 0) is 11.2 Å². The summed E-state index contributed by atoms with van der Waals surface area (Å²) >= 11 is 0. The molecule has 32 heavy (non-hydrogen) atoms. The first-order chi connectivity index (χ1) is 15.5. The summed E-state index contributed by atoms with van der Waals surface area (Å²) in [5, 5.41) is 8.62. The van der Waals surface area contributed by atoms with Crippen LogP contribution in [0, 0.1) is 24.2 Å². The van der Waals surface area contributed by atoms with Gasteiger partial charge in [-0.2, -0.15) is 0 Å². The zero-order chi connectivity index (χ0) is 23.5. The lowest BCUT2D eigenvalue weighted by Gasteiger charge is -2.32. The molecule has 4 rings (SSSR count). The molecule has 3 nitrogen and oxygen atoms in total. The number of hydrogen-bond acceptors (Lipinski definition) is 2. The SMILES string of the molecule is C=CC.C=CC.Cc1ccccc1CC(=N)N1CC2C(=O)CCC(c3ccccc3)C2C1. The molecule has 2 aromatic carbocycles. The molecule has 3 heteroatoms. The van der Waals surface area contributed by atoms with Crippen molar-refractivity contribution in [2.24, 2.45) is 11.8 Å².